The summed E-state index contributed by atoms with van der Waals surface area (Å²) < 4.78 is 1.31. The molecule has 2 aromatic heterocycles. The largest absolute Gasteiger partial charge is 0.325 e. The minimum atomic E-state index is -0.208. The van der Waals surface area contributed by atoms with Gasteiger partial charge < -0.3 is 4.98 Å². The fourth-order valence-electron chi connectivity index (χ4n) is 2.58. The maximum Gasteiger partial charge on any atom is 0.281 e. The lowest BCUT2D eigenvalue weighted by Crippen LogP contribution is -2.19. The topological polar surface area (TPSA) is 74.0 Å². The monoisotopic (exact) mass is 292 g/mol. The molecule has 1 N–H and O–H groups in total. The zero-order valence-electron chi connectivity index (χ0n) is 12.7. The van der Waals surface area contributed by atoms with Crippen molar-refractivity contribution in [1.82, 2.24) is 14.6 Å². The van der Waals surface area contributed by atoms with Crippen LogP contribution in [0, 0.1) is 18.3 Å². The Morgan fingerprint density at radius 1 is 1.27 bits per heavy atom. The second-order valence-electron chi connectivity index (χ2n) is 5.58. The number of fused-ring (bicyclic) bond motifs is 1. The van der Waals surface area contributed by atoms with Gasteiger partial charge in [-0.2, -0.15) is 9.78 Å². The van der Waals surface area contributed by atoms with Crippen molar-refractivity contribution in [2.75, 3.05) is 0 Å². The average Bonchev–Trinajstić information content (AvgIpc) is 2.94. The van der Waals surface area contributed by atoms with E-state index in [1.54, 1.807) is 6.92 Å². The molecule has 1 aromatic carbocycles. The standard InChI is InChI=1S/C17H16N4O/c1-10(2)15-19-16-13(9-18)11(3)14(17(22)21(16)20-15)12-7-5-4-6-8-12/h4-8,10H,1-3H3,(H,19,20). The fourth-order valence-corrected chi connectivity index (χ4v) is 2.58. The number of pyridine rings is 1. The third kappa shape index (κ3) is 2.01. The average molecular weight is 292 g/mol. The van der Waals surface area contributed by atoms with E-state index in [2.05, 4.69) is 16.2 Å². The van der Waals surface area contributed by atoms with E-state index in [0.29, 0.717) is 28.2 Å². The first kappa shape index (κ1) is 14.1. The van der Waals surface area contributed by atoms with Gasteiger partial charge in [-0.3, -0.25) is 4.79 Å². The molecule has 3 aromatic rings. The van der Waals surface area contributed by atoms with Crippen LogP contribution < -0.4 is 5.56 Å². The number of aromatic nitrogens is 3. The molecule has 110 valence electrons. The highest BCUT2D eigenvalue weighted by Gasteiger charge is 2.19. The van der Waals surface area contributed by atoms with Crippen LogP contribution >= 0.6 is 0 Å². The number of nitriles is 1. The lowest BCUT2D eigenvalue weighted by molar-refractivity contribution is 0.759. The molecule has 2 heterocycles. The van der Waals surface area contributed by atoms with E-state index in [1.807, 2.05) is 44.2 Å². The second-order valence-corrected chi connectivity index (χ2v) is 5.58. The van der Waals surface area contributed by atoms with Crippen molar-refractivity contribution in [1.29, 1.82) is 5.26 Å². The third-order valence-electron chi connectivity index (χ3n) is 3.78. The maximum atomic E-state index is 12.8. The summed E-state index contributed by atoms with van der Waals surface area (Å²) in [6, 6.07) is 11.6. The zero-order chi connectivity index (χ0) is 15.9. The van der Waals surface area contributed by atoms with E-state index in [9.17, 15) is 10.1 Å². The normalized spacial score (nSPS) is 11.0. The molecule has 0 aliphatic heterocycles. The van der Waals surface area contributed by atoms with Crippen LogP contribution in [0.5, 0.6) is 0 Å². The van der Waals surface area contributed by atoms with Crippen LogP contribution in [0.25, 0.3) is 16.8 Å². The smallest absolute Gasteiger partial charge is 0.281 e. The van der Waals surface area contributed by atoms with Gasteiger partial charge in [0.25, 0.3) is 5.56 Å². The van der Waals surface area contributed by atoms with Crippen molar-refractivity contribution in [2.24, 2.45) is 0 Å². The third-order valence-corrected chi connectivity index (χ3v) is 3.78. The van der Waals surface area contributed by atoms with E-state index in [0.717, 1.165) is 5.56 Å². The molecule has 0 spiro atoms. The number of hydrogen-bond acceptors (Lipinski definition) is 3. The van der Waals surface area contributed by atoms with Gasteiger partial charge in [0, 0.05) is 5.92 Å². The Morgan fingerprint density at radius 2 is 1.95 bits per heavy atom. The van der Waals surface area contributed by atoms with E-state index >= 15 is 0 Å². The summed E-state index contributed by atoms with van der Waals surface area (Å²) in [6.07, 6.45) is 0. The van der Waals surface area contributed by atoms with Gasteiger partial charge in [-0.05, 0) is 18.1 Å². The van der Waals surface area contributed by atoms with Crippen LogP contribution in [0.2, 0.25) is 0 Å². The van der Waals surface area contributed by atoms with Crippen LogP contribution in [0.4, 0.5) is 0 Å². The molecule has 0 amide bonds. The van der Waals surface area contributed by atoms with Gasteiger partial charge >= 0.3 is 0 Å². The maximum absolute atomic E-state index is 12.8. The highest BCUT2D eigenvalue weighted by atomic mass is 16.1. The van der Waals surface area contributed by atoms with E-state index < -0.39 is 0 Å². The molecule has 0 aliphatic carbocycles. The molecule has 0 aliphatic rings. The summed E-state index contributed by atoms with van der Waals surface area (Å²) in [5.74, 6) is 0.838. The quantitative estimate of drug-likeness (QED) is 0.789. The van der Waals surface area contributed by atoms with Crippen molar-refractivity contribution < 1.29 is 0 Å². The zero-order valence-corrected chi connectivity index (χ0v) is 12.7. The Bertz CT molecular complexity index is 943. The predicted octanol–water partition coefficient (Wildman–Crippen LogP) is 2.99. The molecule has 0 saturated heterocycles. The number of hydrogen-bond donors (Lipinski definition) is 1. The van der Waals surface area contributed by atoms with Crippen LogP contribution in [-0.2, 0) is 0 Å². The Balaban J connectivity index is 2.45. The predicted molar refractivity (Wildman–Crippen MR) is 84.8 cm³/mol. The minimum Gasteiger partial charge on any atom is -0.325 e. The van der Waals surface area contributed by atoms with Crippen LogP contribution in [-0.4, -0.2) is 14.6 Å². The molecule has 22 heavy (non-hydrogen) atoms. The molecule has 0 fully saturated rings. The summed E-state index contributed by atoms with van der Waals surface area (Å²) >= 11 is 0. The van der Waals surface area contributed by atoms with Gasteiger partial charge in [-0.1, -0.05) is 44.2 Å². The highest BCUT2D eigenvalue weighted by Crippen LogP contribution is 2.24. The van der Waals surface area contributed by atoms with Crippen LogP contribution in [0.1, 0.15) is 36.7 Å². The Kier molecular flexibility index (Phi) is 3.30. The summed E-state index contributed by atoms with van der Waals surface area (Å²) in [5, 5.41) is 13.9. The molecule has 0 bridgehead atoms. The number of nitrogens with zero attached hydrogens (tertiary/aromatic N) is 3. The van der Waals surface area contributed by atoms with Gasteiger partial charge in [0.15, 0.2) is 5.65 Å². The van der Waals surface area contributed by atoms with E-state index in [4.69, 9.17) is 0 Å². The highest BCUT2D eigenvalue weighted by molar-refractivity contribution is 5.73. The Morgan fingerprint density at radius 3 is 2.55 bits per heavy atom. The molecule has 0 radical (unpaired) electrons. The lowest BCUT2D eigenvalue weighted by atomic mass is 9.99. The number of rotatable bonds is 2. The summed E-state index contributed by atoms with van der Waals surface area (Å²) in [5.41, 5.74) is 2.71. The summed E-state index contributed by atoms with van der Waals surface area (Å²) in [6.45, 7) is 5.78. The van der Waals surface area contributed by atoms with Crippen molar-refractivity contribution in [3.05, 3.63) is 57.6 Å². The van der Waals surface area contributed by atoms with E-state index in [-0.39, 0.29) is 11.5 Å². The number of H-pyrrole nitrogens is 1. The molecule has 0 atom stereocenters. The molecule has 3 rings (SSSR count). The molecule has 5 heteroatoms. The van der Waals surface area contributed by atoms with Gasteiger partial charge in [0.2, 0.25) is 0 Å². The minimum absolute atomic E-state index is 0.145. The van der Waals surface area contributed by atoms with Crippen molar-refractivity contribution in [2.45, 2.75) is 26.7 Å². The van der Waals surface area contributed by atoms with Crippen molar-refractivity contribution >= 4 is 5.65 Å². The summed E-state index contributed by atoms with van der Waals surface area (Å²) in [4.78, 5) is 15.9. The molecule has 0 unspecified atom stereocenters. The first-order chi connectivity index (χ1) is 10.5. The van der Waals surface area contributed by atoms with Crippen molar-refractivity contribution in [3.8, 4) is 17.2 Å². The van der Waals surface area contributed by atoms with Gasteiger partial charge in [-0.25, -0.2) is 0 Å². The SMILES string of the molecule is Cc1c(-c2ccccc2)c(=O)n2nc(C(C)C)[nH]c2c1C#N. The Labute approximate surface area is 127 Å². The second kappa shape index (κ2) is 5.15. The Hall–Kier alpha value is -2.87. The first-order valence-corrected chi connectivity index (χ1v) is 7.15. The van der Waals surface area contributed by atoms with Crippen LogP contribution in [0.15, 0.2) is 35.1 Å². The van der Waals surface area contributed by atoms with Crippen LogP contribution in [0.3, 0.4) is 0 Å². The summed E-state index contributed by atoms with van der Waals surface area (Å²) in [7, 11) is 0. The molecular weight excluding hydrogens is 276 g/mol. The van der Waals surface area contributed by atoms with Gasteiger partial charge in [0.1, 0.15) is 11.9 Å². The fraction of sp³-hybridized carbons (Fsp3) is 0.235. The molecule has 0 saturated carbocycles. The first-order valence-electron chi connectivity index (χ1n) is 7.15. The number of aromatic amines is 1. The molecular formula is C17H16N4O. The number of nitrogens with one attached hydrogen (secondary N) is 1. The van der Waals surface area contributed by atoms with Gasteiger partial charge in [-0.15, -0.1) is 5.10 Å². The van der Waals surface area contributed by atoms with Gasteiger partial charge in [0.05, 0.1) is 11.1 Å². The lowest BCUT2D eigenvalue weighted by Gasteiger charge is -2.07. The van der Waals surface area contributed by atoms with E-state index in [1.165, 1.54) is 4.52 Å². The number of benzene rings is 1. The van der Waals surface area contributed by atoms with Crippen molar-refractivity contribution in [3.63, 3.8) is 0 Å². The molecule has 5 nitrogen and oxygen atoms in total.